The SMILES string of the molecule is CCCCCCCCC(c1ccccc1)[N+](C)(C)CCOCCOc1ccccc1C. The molecule has 0 saturated heterocycles. The van der Waals surface area contributed by atoms with Gasteiger partial charge in [0.05, 0.1) is 27.3 Å². The van der Waals surface area contributed by atoms with E-state index in [9.17, 15) is 0 Å². The van der Waals surface area contributed by atoms with Crippen LogP contribution in [0.15, 0.2) is 54.6 Å². The fourth-order valence-electron chi connectivity index (χ4n) is 4.20. The molecule has 3 nitrogen and oxygen atoms in total. The van der Waals surface area contributed by atoms with E-state index in [1.54, 1.807) is 0 Å². The van der Waals surface area contributed by atoms with E-state index in [4.69, 9.17) is 9.47 Å². The number of aryl methyl sites for hydroxylation is 1. The molecule has 0 aliphatic heterocycles. The monoisotopic (exact) mass is 426 g/mol. The van der Waals surface area contributed by atoms with E-state index in [0.717, 1.165) is 23.4 Å². The van der Waals surface area contributed by atoms with Crippen LogP contribution < -0.4 is 4.74 Å². The third kappa shape index (κ3) is 9.45. The Morgan fingerprint density at radius 3 is 2.19 bits per heavy atom. The molecule has 2 rings (SSSR count). The standard InChI is InChI=1S/C28H44NO2/c1-5-6-7-8-9-13-19-27(26-17-11-10-12-18-26)29(3,4)21-22-30-23-24-31-28-20-15-14-16-25(28)2/h10-12,14-18,20,27H,5-9,13,19,21-24H2,1-4H3/q+1. The van der Waals surface area contributed by atoms with E-state index in [-0.39, 0.29) is 0 Å². The maximum atomic E-state index is 5.95. The third-order valence-electron chi connectivity index (χ3n) is 6.25. The van der Waals surface area contributed by atoms with E-state index in [1.807, 2.05) is 18.2 Å². The van der Waals surface area contributed by atoms with Crippen LogP contribution in [-0.2, 0) is 4.74 Å². The number of nitrogens with zero attached hydrogens (tertiary/aromatic N) is 1. The van der Waals surface area contributed by atoms with Gasteiger partial charge in [-0.3, -0.25) is 0 Å². The number of likely N-dealkylation sites (N-methyl/N-ethyl adjacent to an activating group) is 1. The highest BCUT2D eigenvalue weighted by molar-refractivity contribution is 5.31. The molecule has 1 atom stereocenters. The van der Waals surface area contributed by atoms with Crippen LogP contribution >= 0.6 is 0 Å². The summed E-state index contributed by atoms with van der Waals surface area (Å²) in [6.45, 7) is 7.33. The van der Waals surface area contributed by atoms with Gasteiger partial charge in [0.25, 0.3) is 0 Å². The average Bonchev–Trinajstić information content (AvgIpc) is 2.77. The highest BCUT2D eigenvalue weighted by atomic mass is 16.5. The topological polar surface area (TPSA) is 18.5 Å². The van der Waals surface area contributed by atoms with Crippen molar-refractivity contribution in [2.75, 3.05) is 40.5 Å². The van der Waals surface area contributed by atoms with Gasteiger partial charge in [0, 0.05) is 12.0 Å². The van der Waals surface area contributed by atoms with Crippen molar-refractivity contribution >= 4 is 0 Å². The van der Waals surface area contributed by atoms with E-state index in [0.29, 0.717) is 19.3 Å². The zero-order chi connectivity index (χ0) is 22.4. The molecule has 0 N–H and O–H groups in total. The van der Waals surface area contributed by atoms with Crippen LogP contribution in [0.4, 0.5) is 0 Å². The molecule has 1 unspecified atom stereocenters. The molecule has 0 aromatic heterocycles. The summed E-state index contributed by atoms with van der Waals surface area (Å²) < 4.78 is 12.8. The van der Waals surface area contributed by atoms with Crippen molar-refractivity contribution in [1.82, 2.24) is 0 Å². The minimum Gasteiger partial charge on any atom is -0.491 e. The van der Waals surface area contributed by atoms with Gasteiger partial charge in [0.1, 0.15) is 24.9 Å². The van der Waals surface area contributed by atoms with Crippen LogP contribution in [0.25, 0.3) is 0 Å². The Bertz CT molecular complexity index is 714. The first-order chi connectivity index (χ1) is 15.0. The van der Waals surface area contributed by atoms with E-state index in [1.165, 1.54) is 56.1 Å². The summed E-state index contributed by atoms with van der Waals surface area (Å²) in [5.74, 6) is 0.949. The largest absolute Gasteiger partial charge is 0.491 e. The van der Waals surface area contributed by atoms with Gasteiger partial charge in [-0.1, -0.05) is 87.6 Å². The van der Waals surface area contributed by atoms with Gasteiger partial charge in [-0.05, 0) is 25.0 Å². The molecular weight excluding hydrogens is 382 g/mol. The molecule has 31 heavy (non-hydrogen) atoms. The molecule has 0 aliphatic carbocycles. The number of benzene rings is 2. The Balaban J connectivity index is 1.78. The summed E-state index contributed by atoms with van der Waals surface area (Å²) >= 11 is 0. The second kappa shape index (κ2) is 14.3. The van der Waals surface area contributed by atoms with Crippen molar-refractivity contribution < 1.29 is 14.0 Å². The van der Waals surface area contributed by atoms with Gasteiger partial charge in [0.15, 0.2) is 0 Å². The van der Waals surface area contributed by atoms with Gasteiger partial charge >= 0.3 is 0 Å². The number of unbranched alkanes of at least 4 members (excludes halogenated alkanes) is 5. The number of rotatable bonds is 16. The molecule has 0 bridgehead atoms. The Kier molecular flexibility index (Phi) is 11.7. The van der Waals surface area contributed by atoms with Crippen molar-refractivity contribution in [1.29, 1.82) is 0 Å². The lowest BCUT2D eigenvalue weighted by Crippen LogP contribution is -2.45. The first kappa shape index (κ1) is 25.4. The second-order valence-corrected chi connectivity index (χ2v) is 9.21. The number of hydrogen-bond donors (Lipinski definition) is 0. The van der Waals surface area contributed by atoms with Crippen LogP contribution in [0.1, 0.15) is 69.0 Å². The van der Waals surface area contributed by atoms with Crippen molar-refractivity contribution in [3.63, 3.8) is 0 Å². The zero-order valence-electron chi connectivity index (χ0n) is 20.3. The molecule has 0 heterocycles. The van der Waals surface area contributed by atoms with Crippen LogP contribution in [0, 0.1) is 6.92 Å². The van der Waals surface area contributed by atoms with E-state index < -0.39 is 0 Å². The molecule has 3 heteroatoms. The Morgan fingerprint density at radius 1 is 0.774 bits per heavy atom. The quantitative estimate of drug-likeness (QED) is 0.213. The summed E-state index contributed by atoms with van der Waals surface area (Å²) in [6.07, 6.45) is 9.31. The molecule has 0 amide bonds. The predicted octanol–water partition coefficient (Wildman–Crippen LogP) is 6.96. The van der Waals surface area contributed by atoms with Crippen molar-refractivity contribution in [3.8, 4) is 5.75 Å². The summed E-state index contributed by atoms with van der Waals surface area (Å²) in [5, 5.41) is 0. The fourth-order valence-corrected chi connectivity index (χ4v) is 4.20. The highest BCUT2D eigenvalue weighted by Crippen LogP contribution is 2.30. The van der Waals surface area contributed by atoms with E-state index >= 15 is 0 Å². The fraction of sp³-hybridized carbons (Fsp3) is 0.571. The summed E-state index contributed by atoms with van der Waals surface area (Å²) in [5.41, 5.74) is 2.62. The maximum absolute atomic E-state index is 5.95. The molecule has 2 aromatic rings. The molecule has 0 fully saturated rings. The predicted molar refractivity (Wildman–Crippen MR) is 132 cm³/mol. The Morgan fingerprint density at radius 2 is 1.45 bits per heavy atom. The zero-order valence-corrected chi connectivity index (χ0v) is 20.3. The average molecular weight is 427 g/mol. The van der Waals surface area contributed by atoms with Gasteiger partial charge in [0.2, 0.25) is 0 Å². The minimum atomic E-state index is 0.513. The summed E-state index contributed by atoms with van der Waals surface area (Å²) in [4.78, 5) is 0. The Labute approximate surface area is 191 Å². The normalized spacial score (nSPS) is 12.6. The molecule has 172 valence electrons. The lowest BCUT2D eigenvalue weighted by molar-refractivity contribution is -0.922. The first-order valence-electron chi connectivity index (χ1n) is 12.2. The second-order valence-electron chi connectivity index (χ2n) is 9.21. The van der Waals surface area contributed by atoms with Crippen LogP contribution in [0.2, 0.25) is 0 Å². The number of ether oxygens (including phenoxy) is 2. The van der Waals surface area contributed by atoms with Gasteiger partial charge in [-0.15, -0.1) is 0 Å². The highest BCUT2D eigenvalue weighted by Gasteiger charge is 2.29. The van der Waals surface area contributed by atoms with E-state index in [2.05, 4.69) is 64.3 Å². The molecule has 0 aliphatic rings. The molecule has 0 radical (unpaired) electrons. The van der Waals surface area contributed by atoms with Crippen LogP contribution in [0.3, 0.4) is 0 Å². The number of hydrogen-bond acceptors (Lipinski definition) is 2. The van der Waals surface area contributed by atoms with Crippen molar-refractivity contribution in [2.24, 2.45) is 0 Å². The number of para-hydroxylation sites is 1. The molecule has 0 spiro atoms. The van der Waals surface area contributed by atoms with Crippen molar-refractivity contribution in [2.45, 2.75) is 64.8 Å². The van der Waals surface area contributed by atoms with Crippen LogP contribution in [0.5, 0.6) is 5.75 Å². The molecule has 2 aromatic carbocycles. The maximum Gasteiger partial charge on any atom is 0.122 e. The summed E-state index contributed by atoms with van der Waals surface area (Å²) in [6, 6.07) is 19.7. The molecular formula is C28H44NO2+. The van der Waals surface area contributed by atoms with Gasteiger partial charge in [-0.25, -0.2) is 0 Å². The lowest BCUT2D eigenvalue weighted by atomic mass is 9.97. The van der Waals surface area contributed by atoms with Gasteiger partial charge < -0.3 is 14.0 Å². The van der Waals surface area contributed by atoms with Gasteiger partial charge in [-0.2, -0.15) is 0 Å². The minimum absolute atomic E-state index is 0.513. The first-order valence-corrected chi connectivity index (χ1v) is 12.2. The third-order valence-corrected chi connectivity index (χ3v) is 6.25. The Hall–Kier alpha value is -1.84. The molecule has 0 saturated carbocycles. The summed E-state index contributed by atoms with van der Waals surface area (Å²) in [7, 11) is 4.70. The lowest BCUT2D eigenvalue weighted by Gasteiger charge is -2.38. The smallest absolute Gasteiger partial charge is 0.122 e. The number of quaternary nitrogens is 1. The van der Waals surface area contributed by atoms with Crippen molar-refractivity contribution in [3.05, 3.63) is 65.7 Å². The van der Waals surface area contributed by atoms with Crippen LogP contribution in [-0.4, -0.2) is 44.9 Å².